The highest BCUT2D eigenvalue weighted by molar-refractivity contribution is 4.76. The summed E-state index contributed by atoms with van der Waals surface area (Å²) in [6.45, 7) is 6.93. The van der Waals surface area contributed by atoms with Gasteiger partial charge in [-0.15, -0.1) is 0 Å². The van der Waals surface area contributed by atoms with E-state index in [4.69, 9.17) is 9.47 Å². The molecule has 1 saturated heterocycles. The lowest BCUT2D eigenvalue weighted by Crippen LogP contribution is -2.26. The molecule has 1 unspecified atom stereocenters. The van der Waals surface area contributed by atoms with E-state index >= 15 is 0 Å². The first-order valence-corrected chi connectivity index (χ1v) is 6.07. The second-order valence-corrected chi connectivity index (χ2v) is 4.76. The Hall–Kier alpha value is -0.500. The highest BCUT2D eigenvalue weighted by Crippen LogP contribution is 2.30. The molecule has 0 spiro atoms. The first kappa shape index (κ1) is 12.6. The van der Waals surface area contributed by atoms with Crippen LogP contribution in [0.1, 0.15) is 46.0 Å². The summed E-state index contributed by atoms with van der Waals surface area (Å²) in [5.41, 5.74) is 0.321. The van der Waals surface area contributed by atoms with Gasteiger partial charge >= 0.3 is 0 Å². The fourth-order valence-electron chi connectivity index (χ4n) is 1.99. The lowest BCUT2D eigenvalue weighted by atomic mass is 9.82. The van der Waals surface area contributed by atoms with Gasteiger partial charge in [0.1, 0.15) is 0 Å². The van der Waals surface area contributed by atoms with Gasteiger partial charge in [0.05, 0.1) is 19.5 Å². The quantitative estimate of drug-likeness (QED) is 0.524. The average Bonchev–Trinajstić information content (AvgIpc) is 2.20. The van der Waals surface area contributed by atoms with Crippen LogP contribution in [-0.4, -0.2) is 19.8 Å². The monoisotopic (exact) mass is 212 g/mol. The van der Waals surface area contributed by atoms with Gasteiger partial charge in [-0.3, -0.25) is 0 Å². The van der Waals surface area contributed by atoms with Crippen molar-refractivity contribution in [1.29, 1.82) is 0 Å². The Morgan fingerprint density at radius 1 is 1.33 bits per heavy atom. The Kier molecular flexibility index (Phi) is 5.77. The van der Waals surface area contributed by atoms with Crippen molar-refractivity contribution in [1.82, 2.24) is 0 Å². The molecule has 1 atom stereocenters. The van der Waals surface area contributed by atoms with E-state index in [2.05, 4.69) is 6.92 Å². The molecule has 1 fully saturated rings. The van der Waals surface area contributed by atoms with Crippen LogP contribution < -0.4 is 0 Å². The average molecular weight is 212 g/mol. The van der Waals surface area contributed by atoms with E-state index in [1.165, 1.54) is 25.7 Å². The fraction of sp³-hybridized carbons (Fsp3) is 0.846. The third-order valence-electron chi connectivity index (χ3n) is 3.08. The highest BCUT2D eigenvalue weighted by atomic mass is 16.5. The summed E-state index contributed by atoms with van der Waals surface area (Å²) in [4.78, 5) is 0. The van der Waals surface area contributed by atoms with Gasteiger partial charge in [-0.2, -0.15) is 0 Å². The molecule has 1 aliphatic rings. The standard InChI is InChI=1S/C13H24O2/c1-3-9-14-11-8-13(2)7-5-4-6-10-15-12-13/h3,9H,4-8,10-12H2,1-2H3/b9-3+. The smallest absolute Gasteiger partial charge is 0.0879 e. The summed E-state index contributed by atoms with van der Waals surface area (Å²) in [5.74, 6) is 0. The Labute approximate surface area is 93.7 Å². The molecule has 2 heteroatoms. The van der Waals surface area contributed by atoms with Crippen molar-refractivity contribution in [2.75, 3.05) is 19.8 Å². The lowest BCUT2D eigenvalue weighted by Gasteiger charge is -2.31. The molecule has 0 aromatic carbocycles. The van der Waals surface area contributed by atoms with Gasteiger partial charge in [0, 0.05) is 6.61 Å². The minimum absolute atomic E-state index is 0.321. The fourth-order valence-corrected chi connectivity index (χ4v) is 1.99. The third-order valence-corrected chi connectivity index (χ3v) is 3.08. The van der Waals surface area contributed by atoms with Crippen molar-refractivity contribution >= 4 is 0 Å². The summed E-state index contributed by atoms with van der Waals surface area (Å²) in [5, 5.41) is 0. The number of ether oxygens (including phenoxy) is 2. The van der Waals surface area contributed by atoms with E-state index in [-0.39, 0.29) is 0 Å². The van der Waals surface area contributed by atoms with Crippen molar-refractivity contribution in [3.05, 3.63) is 12.3 Å². The second kappa shape index (κ2) is 6.89. The van der Waals surface area contributed by atoms with E-state index < -0.39 is 0 Å². The van der Waals surface area contributed by atoms with Gasteiger partial charge in [-0.05, 0) is 31.6 Å². The van der Waals surface area contributed by atoms with Crippen LogP contribution in [0.15, 0.2) is 12.3 Å². The van der Waals surface area contributed by atoms with Gasteiger partial charge in [0.2, 0.25) is 0 Å². The van der Waals surface area contributed by atoms with Crippen LogP contribution in [-0.2, 0) is 9.47 Å². The maximum absolute atomic E-state index is 5.67. The first-order chi connectivity index (χ1) is 7.27. The zero-order valence-corrected chi connectivity index (χ0v) is 10.1. The normalized spacial score (nSPS) is 28.7. The van der Waals surface area contributed by atoms with Crippen LogP contribution in [0.3, 0.4) is 0 Å². The van der Waals surface area contributed by atoms with E-state index in [0.29, 0.717) is 5.41 Å². The molecule has 15 heavy (non-hydrogen) atoms. The molecule has 0 aromatic heterocycles. The predicted octanol–water partition coefficient (Wildman–Crippen LogP) is 3.52. The minimum Gasteiger partial charge on any atom is -0.502 e. The predicted molar refractivity (Wildman–Crippen MR) is 62.8 cm³/mol. The van der Waals surface area contributed by atoms with Gasteiger partial charge in [-0.25, -0.2) is 0 Å². The zero-order valence-electron chi connectivity index (χ0n) is 10.1. The van der Waals surface area contributed by atoms with E-state index in [0.717, 1.165) is 26.2 Å². The Bertz CT molecular complexity index is 179. The van der Waals surface area contributed by atoms with Crippen LogP contribution >= 0.6 is 0 Å². The van der Waals surface area contributed by atoms with Crippen LogP contribution in [0.4, 0.5) is 0 Å². The lowest BCUT2D eigenvalue weighted by molar-refractivity contribution is 0.0174. The van der Waals surface area contributed by atoms with Crippen LogP contribution in [0.2, 0.25) is 0 Å². The largest absolute Gasteiger partial charge is 0.502 e. The summed E-state index contributed by atoms with van der Waals surface area (Å²) in [7, 11) is 0. The molecular formula is C13H24O2. The Balaban J connectivity index is 2.26. The van der Waals surface area contributed by atoms with Crippen LogP contribution in [0, 0.1) is 5.41 Å². The van der Waals surface area contributed by atoms with E-state index in [1.54, 1.807) is 6.26 Å². The van der Waals surface area contributed by atoms with Crippen molar-refractivity contribution in [3.8, 4) is 0 Å². The van der Waals surface area contributed by atoms with E-state index in [9.17, 15) is 0 Å². The molecule has 0 radical (unpaired) electrons. The topological polar surface area (TPSA) is 18.5 Å². The van der Waals surface area contributed by atoms with E-state index in [1.807, 2.05) is 13.0 Å². The van der Waals surface area contributed by atoms with Gasteiger partial charge < -0.3 is 9.47 Å². The first-order valence-electron chi connectivity index (χ1n) is 6.07. The number of hydrogen-bond acceptors (Lipinski definition) is 2. The second-order valence-electron chi connectivity index (χ2n) is 4.76. The zero-order chi connectivity index (χ0) is 11.0. The van der Waals surface area contributed by atoms with Gasteiger partial charge in [-0.1, -0.05) is 25.8 Å². The maximum atomic E-state index is 5.67. The molecule has 2 nitrogen and oxygen atoms in total. The summed E-state index contributed by atoms with van der Waals surface area (Å²) in [6.07, 6.45) is 9.94. The van der Waals surface area contributed by atoms with Gasteiger partial charge in [0.25, 0.3) is 0 Å². The van der Waals surface area contributed by atoms with Gasteiger partial charge in [0.15, 0.2) is 0 Å². The number of rotatable bonds is 4. The molecule has 0 saturated carbocycles. The highest BCUT2D eigenvalue weighted by Gasteiger charge is 2.25. The molecule has 0 aromatic rings. The minimum atomic E-state index is 0.321. The molecule has 0 bridgehead atoms. The molecule has 0 amide bonds. The van der Waals surface area contributed by atoms with Crippen molar-refractivity contribution in [2.24, 2.45) is 5.41 Å². The SMILES string of the molecule is C/C=C/OCCC1(C)CCCCCOC1. The number of allylic oxidation sites excluding steroid dienone is 1. The summed E-state index contributed by atoms with van der Waals surface area (Å²) in [6, 6.07) is 0. The number of hydrogen-bond donors (Lipinski definition) is 0. The Morgan fingerprint density at radius 3 is 3.00 bits per heavy atom. The molecule has 0 N–H and O–H groups in total. The summed E-state index contributed by atoms with van der Waals surface area (Å²) < 4.78 is 11.1. The molecule has 1 aliphatic heterocycles. The molecule has 1 rings (SSSR count). The van der Waals surface area contributed by atoms with Crippen molar-refractivity contribution < 1.29 is 9.47 Å². The third kappa shape index (κ3) is 5.22. The van der Waals surface area contributed by atoms with Crippen LogP contribution in [0.25, 0.3) is 0 Å². The van der Waals surface area contributed by atoms with Crippen molar-refractivity contribution in [2.45, 2.75) is 46.0 Å². The maximum Gasteiger partial charge on any atom is 0.0879 e. The van der Waals surface area contributed by atoms with Crippen molar-refractivity contribution in [3.63, 3.8) is 0 Å². The summed E-state index contributed by atoms with van der Waals surface area (Å²) >= 11 is 0. The van der Waals surface area contributed by atoms with Crippen LogP contribution in [0.5, 0.6) is 0 Å². The Morgan fingerprint density at radius 2 is 2.20 bits per heavy atom. The molecule has 88 valence electrons. The molecule has 1 heterocycles. The molecular weight excluding hydrogens is 188 g/mol. The molecule has 0 aliphatic carbocycles.